The van der Waals surface area contributed by atoms with Crippen LogP contribution in [0.5, 0.6) is 0 Å². The number of nitrogens with one attached hydrogen (secondary N) is 1. The Hall–Kier alpha value is -3.32. The molecule has 2 aliphatic rings. The summed E-state index contributed by atoms with van der Waals surface area (Å²) in [6.45, 7) is 1.83. The van der Waals surface area contributed by atoms with Gasteiger partial charge in [0.15, 0.2) is 5.76 Å². The molecule has 32 heavy (non-hydrogen) atoms. The van der Waals surface area contributed by atoms with Crippen molar-refractivity contribution in [3.63, 3.8) is 0 Å². The number of aromatic nitrogens is 1. The van der Waals surface area contributed by atoms with Crippen molar-refractivity contribution in [1.29, 1.82) is 0 Å². The van der Waals surface area contributed by atoms with Gasteiger partial charge in [0.05, 0.1) is 0 Å². The predicted molar refractivity (Wildman–Crippen MR) is 122 cm³/mol. The number of furan rings is 1. The number of hydrogen-bond acceptors (Lipinski definition) is 6. The van der Waals surface area contributed by atoms with Crippen molar-refractivity contribution in [3.8, 4) is 22.5 Å². The van der Waals surface area contributed by atoms with Crippen LogP contribution >= 0.6 is 0 Å². The third-order valence-corrected chi connectivity index (χ3v) is 6.69. The average molecular weight is 431 g/mol. The number of nitroso groups, excluding NO2 is 1. The second-order valence-corrected chi connectivity index (χ2v) is 8.56. The molecule has 1 unspecified atom stereocenters. The summed E-state index contributed by atoms with van der Waals surface area (Å²) in [6, 6.07) is 11.6. The minimum atomic E-state index is -0.265. The fourth-order valence-electron chi connectivity index (χ4n) is 4.83. The molecule has 0 radical (unpaired) electrons. The lowest BCUT2D eigenvalue weighted by Gasteiger charge is -2.31. The number of amides is 1. The first-order valence-electron chi connectivity index (χ1n) is 11.1. The maximum atomic E-state index is 13.3. The summed E-state index contributed by atoms with van der Waals surface area (Å²) in [7, 11) is 1.86. The Morgan fingerprint density at radius 3 is 2.62 bits per heavy atom. The van der Waals surface area contributed by atoms with Gasteiger partial charge in [0.2, 0.25) is 0 Å². The van der Waals surface area contributed by atoms with Crippen molar-refractivity contribution in [2.45, 2.75) is 37.8 Å². The second-order valence-electron chi connectivity index (χ2n) is 8.56. The molecule has 2 aromatic heterocycles. The number of rotatable bonds is 5. The Morgan fingerprint density at radius 2 is 1.88 bits per heavy atom. The number of hydrogen-bond donors (Lipinski definition) is 1. The zero-order chi connectivity index (χ0) is 22.1. The third-order valence-electron chi connectivity index (χ3n) is 6.69. The Labute approximate surface area is 186 Å². The second kappa shape index (κ2) is 8.67. The molecule has 7 heteroatoms. The number of carbonyl (C=O) groups is 1. The highest BCUT2D eigenvalue weighted by atomic mass is 16.4. The van der Waals surface area contributed by atoms with Gasteiger partial charge in [-0.15, -0.1) is 0 Å². The first kappa shape index (κ1) is 20.6. The number of nitrogens with zero attached hydrogens (tertiary/aromatic N) is 3. The van der Waals surface area contributed by atoms with Crippen molar-refractivity contribution >= 4 is 5.91 Å². The molecule has 1 aliphatic carbocycles. The van der Waals surface area contributed by atoms with E-state index in [9.17, 15) is 9.70 Å². The summed E-state index contributed by atoms with van der Waals surface area (Å²) >= 11 is 0. The lowest BCUT2D eigenvalue weighted by molar-refractivity contribution is 0.0672. The van der Waals surface area contributed by atoms with E-state index in [1.807, 2.05) is 42.3 Å². The molecule has 0 saturated carbocycles. The lowest BCUT2D eigenvalue weighted by Crippen LogP contribution is -2.43. The Balaban J connectivity index is 1.54. The van der Waals surface area contributed by atoms with Crippen LogP contribution in [0.3, 0.4) is 0 Å². The van der Waals surface area contributed by atoms with Gasteiger partial charge in [-0.25, -0.2) is 0 Å². The molecule has 1 amide bonds. The Morgan fingerprint density at radius 1 is 1.09 bits per heavy atom. The number of benzene rings is 1. The van der Waals surface area contributed by atoms with Crippen LogP contribution in [0.2, 0.25) is 0 Å². The zero-order valence-corrected chi connectivity index (χ0v) is 18.1. The first-order valence-corrected chi connectivity index (χ1v) is 11.1. The SMILES string of the molecule is CN(C(=O)c1cc(-c2ccc3c(c2)CCC3N=O)c(-c2ccncc2)o1)C1CCNCC1. The van der Waals surface area contributed by atoms with Crippen LogP contribution in [0.4, 0.5) is 0 Å². The summed E-state index contributed by atoms with van der Waals surface area (Å²) in [5.41, 5.74) is 4.83. The molecule has 1 aromatic carbocycles. The van der Waals surface area contributed by atoms with Crippen molar-refractivity contribution in [3.05, 3.63) is 70.6 Å². The maximum Gasteiger partial charge on any atom is 0.289 e. The monoisotopic (exact) mass is 430 g/mol. The van der Waals surface area contributed by atoms with Crippen molar-refractivity contribution < 1.29 is 9.21 Å². The van der Waals surface area contributed by atoms with Crippen LogP contribution in [0, 0.1) is 4.91 Å². The molecule has 1 saturated heterocycles. The van der Waals surface area contributed by atoms with Gasteiger partial charge >= 0.3 is 0 Å². The van der Waals surface area contributed by atoms with E-state index in [2.05, 4.69) is 21.5 Å². The number of pyridine rings is 1. The van der Waals surface area contributed by atoms with E-state index < -0.39 is 0 Å². The average Bonchev–Trinajstić information content (AvgIpc) is 3.48. The molecule has 5 rings (SSSR count). The number of piperidine rings is 1. The molecule has 0 bridgehead atoms. The molecular weight excluding hydrogens is 404 g/mol. The van der Waals surface area contributed by atoms with Gasteiger partial charge in [0.1, 0.15) is 11.8 Å². The Kier molecular flexibility index (Phi) is 5.57. The van der Waals surface area contributed by atoms with Gasteiger partial charge in [0, 0.05) is 36.6 Å². The number of aryl methyl sites for hydroxylation is 1. The molecule has 3 aromatic rings. The van der Waals surface area contributed by atoms with Crippen LogP contribution in [-0.2, 0) is 6.42 Å². The van der Waals surface area contributed by atoms with Crippen LogP contribution in [0.1, 0.15) is 47.0 Å². The standard InChI is InChI=1S/C25H26N4O3/c1-29(19-8-12-27-13-9-19)25(30)23-15-21(24(32-23)16-6-10-26-11-7-16)18-2-4-20-17(14-18)3-5-22(20)28-31/h2,4,6-7,10-11,14-15,19,22,27H,3,5,8-9,12-13H2,1H3. The maximum absolute atomic E-state index is 13.3. The quantitative estimate of drug-likeness (QED) is 0.599. The molecule has 0 spiro atoms. The molecule has 1 fully saturated rings. The molecule has 1 aliphatic heterocycles. The van der Waals surface area contributed by atoms with Gasteiger partial charge in [-0.3, -0.25) is 9.78 Å². The highest BCUT2D eigenvalue weighted by Gasteiger charge is 2.28. The van der Waals surface area contributed by atoms with Crippen LogP contribution in [0.15, 0.2) is 58.4 Å². The van der Waals surface area contributed by atoms with Gasteiger partial charge in [-0.2, -0.15) is 4.91 Å². The van der Waals surface area contributed by atoms with Crippen molar-refractivity contribution in [1.82, 2.24) is 15.2 Å². The third kappa shape index (κ3) is 3.73. The Bertz CT molecular complexity index is 1140. The molecule has 164 valence electrons. The van der Waals surface area contributed by atoms with E-state index >= 15 is 0 Å². The fraction of sp³-hybridized carbons (Fsp3) is 0.360. The van der Waals surface area contributed by atoms with Gasteiger partial charge < -0.3 is 14.6 Å². The number of fused-ring (bicyclic) bond motifs is 1. The van der Waals surface area contributed by atoms with Crippen molar-refractivity contribution in [2.24, 2.45) is 5.18 Å². The van der Waals surface area contributed by atoms with Gasteiger partial charge in [-0.1, -0.05) is 23.4 Å². The summed E-state index contributed by atoms with van der Waals surface area (Å²) in [5, 5.41) is 6.60. The molecule has 3 heterocycles. The lowest BCUT2D eigenvalue weighted by atomic mass is 9.98. The summed E-state index contributed by atoms with van der Waals surface area (Å²) in [4.78, 5) is 30.3. The largest absolute Gasteiger partial charge is 0.450 e. The molecule has 1 N–H and O–H groups in total. The minimum Gasteiger partial charge on any atom is -0.450 e. The van der Waals surface area contributed by atoms with E-state index in [4.69, 9.17) is 4.42 Å². The van der Waals surface area contributed by atoms with Crippen LogP contribution < -0.4 is 5.32 Å². The van der Waals surface area contributed by atoms with Crippen LogP contribution in [0.25, 0.3) is 22.5 Å². The van der Waals surface area contributed by atoms with Gasteiger partial charge in [0.25, 0.3) is 5.91 Å². The molecular formula is C25H26N4O3. The van der Waals surface area contributed by atoms with Crippen molar-refractivity contribution in [2.75, 3.05) is 20.1 Å². The molecule has 1 atom stereocenters. The predicted octanol–water partition coefficient (Wildman–Crippen LogP) is 4.59. The highest BCUT2D eigenvalue weighted by Crippen LogP contribution is 2.40. The van der Waals surface area contributed by atoms with E-state index in [0.717, 1.165) is 66.6 Å². The normalized spacial score (nSPS) is 18.3. The van der Waals surface area contributed by atoms with E-state index in [1.54, 1.807) is 12.4 Å². The zero-order valence-electron chi connectivity index (χ0n) is 18.1. The van der Waals surface area contributed by atoms with E-state index in [0.29, 0.717) is 11.5 Å². The molecule has 7 nitrogen and oxygen atoms in total. The highest BCUT2D eigenvalue weighted by molar-refractivity contribution is 5.95. The number of carbonyl (C=O) groups excluding carboxylic acids is 1. The summed E-state index contributed by atoms with van der Waals surface area (Å²) in [6.07, 6.45) is 6.87. The summed E-state index contributed by atoms with van der Waals surface area (Å²) < 4.78 is 6.19. The van der Waals surface area contributed by atoms with E-state index in [-0.39, 0.29) is 18.0 Å². The topological polar surface area (TPSA) is 87.8 Å². The van der Waals surface area contributed by atoms with E-state index in [1.165, 1.54) is 0 Å². The summed E-state index contributed by atoms with van der Waals surface area (Å²) in [5.74, 6) is 0.878. The first-order chi connectivity index (χ1) is 15.7. The van der Waals surface area contributed by atoms with Crippen LogP contribution in [-0.4, -0.2) is 42.0 Å². The smallest absolute Gasteiger partial charge is 0.289 e. The minimum absolute atomic E-state index is 0.107. The fourth-order valence-corrected chi connectivity index (χ4v) is 4.83. The van der Waals surface area contributed by atoms with Gasteiger partial charge in [-0.05, 0) is 73.7 Å².